The summed E-state index contributed by atoms with van der Waals surface area (Å²) in [5, 5.41) is 0. The van der Waals surface area contributed by atoms with Crippen LogP contribution in [0, 0.1) is 12.8 Å². The highest BCUT2D eigenvalue weighted by Crippen LogP contribution is 2.31. The van der Waals surface area contributed by atoms with Gasteiger partial charge < -0.3 is 9.72 Å². The molecular formula is C25H32BN2O. The van der Waals surface area contributed by atoms with Crippen LogP contribution in [0.2, 0.25) is 0 Å². The van der Waals surface area contributed by atoms with Gasteiger partial charge in [-0.15, -0.1) is 0 Å². The number of para-hydroxylation sites is 1. The molecule has 0 aliphatic rings. The lowest BCUT2D eigenvalue weighted by Crippen LogP contribution is -2.27. The van der Waals surface area contributed by atoms with Gasteiger partial charge in [0.25, 0.3) is 0 Å². The van der Waals surface area contributed by atoms with Crippen LogP contribution in [0.15, 0.2) is 54.6 Å². The maximum Gasteiger partial charge on any atom is 0.215 e. The number of nitrogens with one attached hydrogen (secondary N) is 1. The van der Waals surface area contributed by atoms with Crippen LogP contribution in [-0.4, -0.2) is 23.9 Å². The second-order valence-corrected chi connectivity index (χ2v) is 8.01. The van der Waals surface area contributed by atoms with Crippen molar-refractivity contribution in [1.82, 2.24) is 9.97 Å². The monoisotopic (exact) mass is 387 g/mol. The molecule has 4 heteroatoms. The molecule has 1 radical (unpaired) electrons. The quantitative estimate of drug-likeness (QED) is 0.485. The summed E-state index contributed by atoms with van der Waals surface area (Å²) in [6, 6.07) is 18.9. The maximum atomic E-state index is 5.93. The normalized spacial score (nSPS) is 12.2. The van der Waals surface area contributed by atoms with E-state index in [1.807, 2.05) is 19.1 Å². The van der Waals surface area contributed by atoms with Crippen LogP contribution < -0.4 is 10.5 Å². The van der Waals surface area contributed by atoms with E-state index < -0.39 is 0 Å². The van der Waals surface area contributed by atoms with E-state index in [4.69, 9.17) is 9.72 Å². The van der Waals surface area contributed by atoms with Gasteiger partial charge in [-0.05, 0) is 55.6 Å². The maximum absolute atomic E-state index is 5.93. The topological polar surface area (TPSA) is 37.9 Å². The number of hydrogen-bond donors (Lipinski definition) is 1. The van der Waals surface area contributed by atoms with Gasteiger partial charge in [-0.25, -0.2) is 4.98 Å². The Bertz CT molecular complexity index is 889. The summed E-state index contributed by atoms with van der Waals surface area (Å²) in [6.07, 6.45) is 3.44. The first-order valence-corrected chi connectivity index (χ1v) is 10.8. The van der Waals surface area contributed by atoms with Gasteiger partial charge >= 0.3 is 0 Å². The van der Waals surface area contributed by atoms with Crippen molar-refractivity contribution in [3.8, 4) is 5.75 Å². The van der Waals surface area contributed by atoms with Crippen LogP contribution in [-0.2, 0) is 6.42 Å². The summed E-state index contributed by atoms with van der Waals surface area (Å²) in [4.78, 5) is 8.42. The van der Waals surface area contributed by atoms with E-state index in [1.54, 1.807) is 0 Å². The second-order valence-electron chi connectivity index (χ2n) is 8.01. The first kappa shape index (κ1) is 21.2. The molecule has 1 unspecified atom stereocenters. The number of hydrogen-bond acceptors (Lipinski definition) is 2. The highest BCUT2D eigenvalue weighted by atomic mass is 16.5. The Labute approximate surface area is 176 Å². The number of ether oxygens (including phenoxy) is 1. The molecule has 0 aliphatic carbocycles. The lowest BCUT2D eigenvalue weighted by Gasteiger charge is -2.19. The Kier molecular flexibility index (Phi) is 7.57. The predicted octanol–water partition coefficient (Wildman–Crippen LogP) is 5.21. The van der Waals surface area contributed by atoms with E-state index in [-0.39, 0.29) is 5.82 Å². The van der Waals surface area contributed by atoms with Gasteiger partial charge in [0.2, 0.25) is 7.28 Å². The fourth-order valence-electron chi connectivity index (χ4n) is 3.73. The van der Waals surface area contributed by atoms with Gasteiger partial charge in [-0.2, -0.15) is 0 Å². The molecule has 151 valence electrons. The number of nitrogens with zero attached hydrogens (tertiary/aromatic N) is 1. The predicted molar refractivity (Wildman–Crippen MR) is 122 cm³/mol. The van der Waals surface area contributed by atoms with Crippen LogP contribution in [0.25, 0.3) is 0 Å². The molecule has 0 saturated heterocycles. The van der Waals surface area contributed by atoms with Crippen molar-refractivity contribution in [2.45, 2.75) is 52.8 Å². The summed E-state index contributed by atoms with van der Waals surface area (Å²) >= 11 is 0. The van der Waals surface area contributed by atoms with E-state index in [1.165, 1.54) is 29.8 Å². The van der Waals surface area contributed by atoms with Gasteiger partial charge in [0, 0.05) is 5.69 Å². The van der Waals surface area contributed by atoms with Crippen molar-refractivity contribution in [3.63, 3.8) is 0 Å². The molecule has 2 aromatic carbocycles. The average Bonchev–Trinajstić information content (AvgIpc) is 3.07. The summed E-state index contributed by atoms with van der Waals surface area (Å²) in [7, 11) is 2.23. The van der Waals surface area contributed by atoms with Crippen LogP contribution in [0.5, 0.6) is 5.75 Å². The molecule has 1 aromatic heterocycles. The minimum atomic E-state index is 0.0769. The number of rotatable bonds is 10. The lowest BCUT2D eigenvalue weighted by molar-refractivity contribution is 0.337. The van der Waals surface area contributed by atoms with Crippen LogP contribution >= 0.6 is 0 Å². The third-order valence-corrected chi connectivity index (χ3v) is 5.24. The van der Waals surface area contributed by atoms with Gasteiger partial charge in [0.15, 0.2) is 0 Å². The number of aromatic amines is 1. The first-order chi connectivity index (χ1) is 14.1. The molecule has 0 fully saturated rings. The molecule has 0 bridgehead atoms. The lowest BCUT2D eigenvalue weighted by atomic mass is 9.58. The minimum absolute atomic E-state index is 0.0769. The molecule has 1 N–H and O–H groups in total. The number of benzene rings is 2. The molecule has 1 atom stereocenters. The molecule has 0 saturated carbocycles. The van der Waals surface area contributed by atoms with E-state index in [9.17, 15) is 0 Å². The third kappa shape index (κ3) is 5.75. The van der Waals surface area contributed by atoms with E-state index in [0.29, 0.717) is 6.61 Å². The number of H-pyrrole nitrogens is 1. The van der Waals surface area contributed by atoms with Gasteiger partial charge in [0.05, 0.1) is 18.0 Å². The molecule has 0 aliphatic heterocycles. The zero-order valence-electron chi connectivity index (χ0n) is 18.1. The fourth-order valence-corrected chi connectivity index (χ4v) is 3.73. The van der Waals surface area contributed by atoms with Crippen LogP contribution in [0.1, 0.15) is 61.9 Å². The molecule has 1 heterocycles. The number of aromatic nitrogens is 2. The van der Waals surface area contributed by atoms with Crippen molar-refractivity contribution in [3.05, 3.63) is 77.1 Å². The molecule has 3 nitrogen and oxygen atoms in total. The highest BCUT2D eigenvalue weighted by molar-refractivity contribution is 6.54. The minimum Gasteiger partial charge on any atom is -0.494 e. The zero-order valence-corrected chi connectivity index (χ0v) is 18.1. The van der Waals surface area contributed by atoms with Crippen molar-refractivity contribution in [2.75, 3.05) is 6.61 Å². The van der Waals surface area contributed by atoms with Crippen molar-refractivity contribution < 1.29 is 4.74 Å². The van der Waals surface area contributed by atoms with E-state index in [2.05, 4.69) is 75.5 Å². The SMILES string of the molecule is CCOc1ccccc1C([B]c1nc(CCCC(C)C)c(C)[nH]1)c1ccccc1. The molecule has 3 aromatic rings. The number of aryl methyl sites for hydroxylation is 2. The molecule has 29 heavy (non-hydrogen) atoms. The highest BCUT2D eigenvalue weighted by Gasteiger charge is 2.22. The Balaban J connectivity index is 1.87. The molecule has 0 amide bonds. The summed E-state index contributed by atoms with van der Waals surface area (Å²) < 4.78 is 5.93. The summed E-state index contributed by atoms with van der Waals surface area (Å²) in [6.45, 7) is 9.35. The Morgan fingerprint density at radius 2 is 1.76 bits per heavy atom. The smallest absolute Gasteiger partial charge is 0.215 e. The largest absolute Gasteiger partial charge is 0.494 e. The Hall–Kier alpha value is -2.49. The van der Waals surface area contributed by atoms with Gasteiger partial charge in [0.1, 0.15) is 5.75 Å². The van der Waals surface area contributed by atoms with Crippen molar-refractivity contribution in [1.29, 1.82) is 0 Å². The van der Waals surface area contributed by atoms with Gasteiger partial charge in [-0.1, -0.05) is 68.8 Å². The summed E-state index contributed by atoms with van der Waals surface area (Å²) in [5.41, 5.74) is 5.68. The number of imidazole rings is 1. The molecule has 3 rings (SSSR count). The van der Waals surface area contributed by atoms with E-state index >= 15 is 0 Å². The standard InChI is InChI=1S/C25H32BN2O/c1-5-29-23-17-10-9-15-21(23)24(20-13-7-6-8-14-20)26-25-27-19(4)22(28-25)16-11-12-18(2)3/h6-10,13-15,17-18,24H,5,11-12,16H2,1-4H3,(H,27,28). The van der Waals surface area contributed by atoms with Crippen molar-refractivity contribution in [2.24, 2.45) is 5.92 Å². The first-order valence-electron chi connectivity index (χ1n) is 10.8. The second kappa shape index (κ2) is 10.3. The Morgan fingerprint density at radius 1 is 1.03 bits per heavy atom. The van der Waals surface area contributed by atoms with E-state index in [0.717, 1.165) is 29.4 Å². The van der Waals surface area contributed by atoms with Crippen LogP contribution in [0.4, 0.5) is 0 Å². The molecule has 0 spiro atoms. The Morgan fingerprint density at radius 3 is 2.48 bits per heavy atom. The van der Waals surface area contributed by atoms with Crippen molar-refractivity contribution >= 4 is 13.0 Å². The molecular weight excluding hydrogens is 355 g/mol. The van der Waals surface area contributed by atoms with Crippen LogP contribution in [0.3, 0.4) is 0 Å². The summed E-state index contributed by atoms with van der Waals surface area (Å²) in [5.74, 6) is 1.74. The van der Waals surface area contributed by atoms with Gasteiger partial charge in [-0.3, -0.25) is 0 Å². The average molecular weight is 387 g/mol. The fraction of sp³-hybridized carbons (Fsp3) is 0.400. The third-order valence-electron chi connectivity index (χ3n) is 5.24. The zero-order chi connectivity index (χ0) is 20.6.